The number of aromatic nitrogens is 2. The molecule has 0 bridgehead atoms. The van der Waals surface area contributed by atoms with Crippen LogP contribution < -0.4 is 5.32 Å². The van der Waals surface area contributed by atoms with E-state index in [0.717, 1.165) is 10.9 Å². The zero-order chi connectivity index (χ0) is 14.8. The summed E-state index contributed by atoms with van der Waals surface area (Å²) in [6, 6.07) is 10.7. The lowest BCUT2D eigenvalue weighted by atomic mass is 10.2. The van der Waals surface area contributed by atoms with E-state index < -0.39 is 4.92 Å². The molecule has 0 fully saturated rings. The summed E-state index contributed by atoms with van der Waals surface area (Å²) in [5.74, 6) is 0.200. The summed E-state index contributed by atoms with van der Waals surface area (Å²) >= 11 is 3.18. The van der Waals surface area contributed by atoms with Gasteiger partial charge in [0.15, 0.2) is 0 Å². The Labute approximate surface area is 128 Å². The molecular formula is C14H9BrN4O2. The number of nitrogens with zero attached hydrogens (tertiary/aromatic N) is 3. The largest absolute Gasteiger partial charge is 0.334 e. The van der Waals surface area contributed by atoms with Crippen LogP contribution in [0.3, 0.4) is 0 Å². The van der Waals surface area contributed by atoms with Gasteiger partial charge in [-0.3, -0.25) is 15.1 Å². The topological polar surface area (TPSA) is 81.0 Å². The second-order valence-electron chi connectivity index (χ2n) is 4.31. The molecule has 1 aromatic carbocycles. The van der Waals surface area contributed by atoms with Crippen LogP contribution in [0, 0.1) is 10.1 Å². The predicted molar refractivity (Wildman–Crippen MR) is 83.6 cm³/mol. The van der Waals surface area contributed by atoms with Crippen LogP contribution in [-0.2, 0) is 0 Å². The summed E-state index contributed by atoms with van der Waals surface area (Å²) < 4.78 is 0.558. The maximum Gasteiger partial charge on any atom is 0.312 e. The zero-order valence-corrected chi connectivity index (χ0v) is 12.2. The average Bonchev–Trinajstić information content (AvgIpc) is 2.49. The summed E-state index contributed by atoms with van der Waals surface area (Å²) in [5, 5.41) is 15.0. The van der Waals surface area contributed by atoms with Crippen molar-refractivity contribution in [3.05, 3.63) is 63.4 Å². The van der Waals surface area contributed by atoms with Crippen molar-refractivity contribution in [2.75, 3.05) is 5.32 Å². The molecule has 6 nitrogen and oxygen atoms in total. The van der Waals surface area contributed by atoms with Gasteiger partial charge in [0.2, 0.25) is 5.82 Å². The van der Waals surface area contributed by atoms with Gasteiger partial charge in [-0.15, -0.1) is 0 Å². The van der Waals surface area contributed by atoms with Crippen molar-refractivity contribution >= 4 is 44.0 Å². The molecular weight excluding hydrogens is 336 g/mol. The van der Waals surface area contributed by atoms with Crippen molar-refractivity contribution in [2.24, 2.45) is 0 Å². The third kappa shape index (κ3) is 2.82. The second-order valence-corrected chi connectivity index (χ2v) is 5.23. The number of benzene rings is 1. The monoisotopic (exact) mass is 344 g/mol. The Morgan fingerprint density at radius 1 is 1.19 bits per heavy atom. The number of rotatable bonds is 3. The second kappa shape index (κ2) is 5.45. The number of fused-ring (bicyclic) bond motifs is 1. The molecule has 0 saturated carbocycles. The number of nitro groups is 1. The van der Waals surface area contributed by atoms with Crippen LogP contribution >= 0.6 is 15.9 Å². The molecule has 3 aromatic rings. The van der Waals surface area contributed by atoms with Gasteiger partial charge in [0.1, 0.15) is 0 Å². The van der Waals surface area contributed by atoms with Crippen LogP contribution in [-0.4, -0.2) is 14.9 Å². The molecule has 1 N–H and O–H groups in total. The maximum absolute atomic E-state index is 11.1. The van der Waals surface area contributed by atoms with E-state index in [1.54, 1.807) is 6.20 Å². The fourth-order valence-corrected chi connectivity index (χ4v) is 2.27. The lowest BCUT2D eigenvalue weighted by Gasteiger charge is -2.07. The van der Waals surface area contributed by atoms with E-state index in [9.17, 15) is 10.1 Å². The van der Waals surface area contributed by atoms with Crippen LogP contribution in [0.2, 0.25) is 0 Å². The molecule has 0 unspecified atom stereocenters. The van der Waals surface area contributed by atoms with Crippen LogP contribution in [0.1, 0.15) is 0 Å². The SMILES string of the molecule is O=[N+]([O-])c1cc(Br)cnc1Nc1ccc2ncccc2c1. The molecule has 0 radical (unpaired) electrons. The molecule has 2 aromatic heterocycles. The van der Waals surface area contributed by atoms with Crippen molar-refractivity contribution < 1.29 is 4.92 Å². The minimum Gasteiger partial charge on any atom is -0.334 e. The van der Waals surface area contributed by atoms with Crippen molar-refractivity contribution in [2.45, 2.75) is 0 Å². The van der Waals surface area contributed by atoms with Crippen LogP contribution in [0.4, 0.5) is 17.2 Å². The maximum atomic E-state index is 11.1. The summed E-state index contributed by atoms with van der Waals surface area (Å²) in [7, 11) is 0. The number of hydrogen-bond donors (Lipinski definition) is 1. The Morgan fingerprint density at radius 2 is 2.05 bits per heavy atom. The average molecular weight is 345 g/mol. The minimum atomic E-state index is -0.470. The van der Waals surface area contributed by atoms with Gasteiger partial charge in [-0.25, -0.2) is 4.98 Å². The quantitative estimate of drug-likeness (QED) is 0.572. The number of nitrogens with one attached hydrogen (secondary N) is 1. The van der Waals surface area contributed by atoms with Crippen molar-refractivity contribution in [1.29, 1.82) is 0 Å². The fourth-order valence-electron chi connectivity index (χ4n) is 1.95. The lowest BCUT2D eigenvalue weighted by Crippen LogP contribution is -1.99. The highest BCUT2D eigenvalue weighted by Gasteiger charge is 2.16. The normalized spacial score (nSPS) is 10.5. The first-order chi connectivity index (χ1) is 10.1. The molecule has 21 heavy (non-hydrogen) atoms. The van der Waals surface area contributed by atoms with E-state index in [1.165, 1.54) is 12.3 Å². The Morgan fingerprint density at radius 3 is 2.86 bits per heavy atom. The molecule has 3 rings (SSSR count). The highest BCUT2D eigenvalue weighted by molar-refractivity contribution is 9.10. The summed E-state index contributed by atoms with van der Waals surface area (Å²) in [5.41, 5.74) is 1.49. The first-order valence-corrected chi connectivity index (χ1v) is 6.84. The molecule has 104 valence electrons. The smallest absolute Gasteiger partial charge is 0.312 e. The molecule has 2 heterocycles. The Bertz CT molecular complexity index is 838. The molecule has 0 aliphatic rings. The molecule has 0 saturated heterocycles. The molecule has 7 heteroatoms. The van der Waals surface area contributed by atoms with Crippen LogP contribution in [0.5, 0.6) is 0 Å². The fraction of sp³-hybridized carbons (Fsp3) is 0. The zero-order valence-electron chi connectivity index (χ0n) is 10.7. The first kappa shape index (κ1) is 13.4. The third-order valence-electron chi connectivity index (χ3n) is 2.90. The van der Waals surface area contributed by atoms with E-state index in [4.69, 9.17) is 0 Å². The Hall–Kier alpha value is -2.54. The van der Waals surface area contributed by atoms with E-state index in [0.29, 0.717) is 10.2 Å². The summed E-state index contributed by atoms with van der Waals surface area (Å²) in [6.45, 7) is 0. The van der Waals surface area contributed by atoms with Gasteiger partial charge in [0.05, 0.1) is 10.4 Å². The number of hydrogen-bond acceptors (Lipinski definition) is 5. The van der Waals surface area contributed by atoms with Crippen LogP contribution in [0.15, 0.2) is 53.3 Å². The lowest BCUT2D eigenvalue weighted by molar-refractivity contribution is -0.384. The standard InChI is InChI=1S/C14H9BrN4O2/c15-10-7-13(19(20)21)14(17-8-10)18-11-3-4-12-9(6-11)2-1-5-16-12/h1-8H,(H,17,18). The number of halogens is 1. The molecule has 0 atom stereocenters. The number of pyridine rings is 2. The highest BCUT2D eigenvalue weighted by Crippen LogP contribution is 2.28. The van der Waals surface area contributed by atoms with Crippen molar-refractivity contribution in [3.63, 3.8) is 0 Å². The molecule has 0 spiro atoms. The highest BCUT2D eigenvalue weighted by atomic mass is 79.9. The first-order valence-electron chi connectivity index (χ1n) is 6.05. The van der Waals surface area contributed by atoms with Crippen LogP contribution in [0.25, 0.3) is 10.9 Å². The molecule has 0 amide bonds. The molecule has 0 aliphatic heterocycles. The summed E-state index contributed by atoms with van der Waals surface area (Å²) in [4.78, 5) is 18.9. The predicted octanol–water partition coefficient (Wildman–Crippen LogP) is 4.04. The van der Waals surface area contributed by atoms with Gasteiger partial charge in [-0.05, 0) is 40.2 Å². The Balaban J connectivity index is 2.00. The van der Waals surface area contributed by atoms with E-state index >= 15 is 0 Å². The van der Waals surface area contributed by atoms with E-state index in [1.807, 2.05) is 30.3 Å². The van der Waals surface area contributed by atoms with Crippen molar-refractivity contribution in [3.8, 4) is 0 Å². The molecule has 0 aliphatic carbocycles. The van der Waals surface area contributed by atoms with E-state index in [2.05, 4.69) is 31.2 Å². The van der Waals surface area contributed by atoms with E-state index in [-0.39, 0.29) is 11.5 Å². The summed E-state index contributed by atoms with van der Waals surface area (Å²) in [6.07, 6.45) is 3.23. The van der Waals surface area contributed by atoms with Crippen molar-refractivity contribution in [1.82, 2.24) is 9.97 Å². The third-order valence-corrected chi connectivity index (χ3v) is 3.33. The Kier molecular flexibility index (Phi) is 3.49. The van der Waals surface area contributed by atoms with Gasteiger partial charge in [0, 0.05) is 34.0 Å². The minimum absolute atomic E-state index is 0.0874. The van der Waals surface area contributed by atoms with Gasteiger partial charge in [-0.2, -0.15) is 0 Å². The van der Waals surface area contributed by atoms with Gasteiger partial charge < -0.3 is 5.32 Å². The van der Waals surface area contributed by atoms with Gasteiger partial charge in [-0.1, -0.05) is 6.07 Å². The van der Waals surface area contributed by atoms with Gasteiger partial charge in [0.25, 0.3) is 0 Å². The van der Waals surface area contributed by atoms with Gasteiger partial charge >= 0.3 is 5.69 Å². The number of anilines is 2.